The molecule has 4 atom stereocenters. The molecule has 0 aromatic heterocycles. The van der Waals surface area contributed by atoms with Gasteiger partial charge in [-0.25, -0.2) is 9.86 Å². The van der Waals surface area contributed by atoms with Crippen LogP contribution in [0.3, 0.4) is 0 Å². The van der Waals surface area contributed by atoms with E-state index in [0.717, 1.165) is 21.8 Å². The molecule has 2 aliphatic rings. The third kappa shape index (κ3) is 4.52. The van der Waals surface area contributed by atoms with Gasteiger partial charge in [0.2, 0.25) is 5.91 Å². The average molecular weight is 483 g/mol. The molecule has 6 nitrogen and oxygen atoms in total. The van der Waals surface area contributed by atoms with Gasteiger partial charge in [0.1, 0.15) is 0 Å². The van der Waals surface area contributed by atoms with E-state index < -0.39 is 23.8 Å². The second-order valence-corrected chi connectivity index (χ2v) is 9.27. The fourth-order valence-corrected chi connectivity index (χ4v) is 5.51. The van der Waals surface area contributed by atoms with Crippen molar-refractivity contribution in [2.24, 2.45) is 11.8 Å². The predicted octanol–water partition coefficient (Wildman–Crippen LogP) is 4.55. The van der Waals surface area contributed by atoms with Gasteiger partial charge in [-0.15, -0.1) is 0 Å². The minimum atomic E-state index is -1.01. The fraction of sp³-hybridized carbons (Fsp3) is 0.267. The van der Waals surface area contributed by atoms with Crippen LogP contribution in [0, 0.1) is 11.8 Å². The van der Waals surface area contributed by atoms with Crippen LogP contribution in [-0.4, -0.2) is 45.7 Å². The van der Waals surface area contributed by atoms with Crippen molar-refractivity contribution < 1.29 is 19.5 Å². The van der Waals surface area contributed by atoms with Crippen molar-refractivity contribution in [3.8, 4) is 0 Å². The third-order valence-electron chi connectivity index (χ3n) is 7.12. The monoisotopic (exact) mass is 482 g/mol. The smallest absolute Gasteiger partial charge is 0.331 e. The van der Waals surface area contributed by atoms with Crippen molar-refractivity contribution in [3.05, 3.63) is 114 Å². The van der Waals surface area contributed by atoms with E-state index in [4.69, 9.17) is 4.74 Å². The van der Waals surface area contributed by atoms with E-state index in [2.05, 4.69) is 0 Å². The van der Waals surface area contributed by atoms with Crippen LogP contribution in [0.15, 0.2) is 97.1 Å². The lowest BCUT2D eigenvalue weighted by Crippen LogP contribution is -2.52. The number of likely N-dealkylation sites (tertiary alicyclic amines) is 1. The maximum Gasteiger partial charge on any atom is 0.331 e. The molecule has 36 heavy (non-hydrogen) atoms. The molecule has 1 amide bonds. The number of ether oxygens (including phenoxy) is 1. The minimum absolute atomic E-state index is 0.0411. The largest absolute Gasteiger partial charge is 0.464 e. The lowest BCUT2D eigenvalue weighted by molar-refractivity contribution is -0.169. The first kappa shape index (κ1) is 23.8. The Morgan fingerprint density at radius 1 is 0.889 bits per heavy atom. The Morgan fingerprint density at radius 2 is 1.47 bits per heavy atom. The molecule has 1 saturated heterocycles. The van der Waals surface area contributed by atoms with Gasteiger partial charge in [0.15, 0.2) is 6.04 Å². The van der Waals surface area contributed by atoms with Gasteiger partial charge in [0, 0.05) is 18.5 Å². The summed E-state index contributed by atoms with van der Waals surface area (Å²) in [5.74, 6) is -1.60. The van der Waals surface area contributed by atoms with Crippen molar-refractivity contribution >= 4 is 17.6 Å². The van der Waals surface area contributed by atoms with Gasteiger partial charge in [-0.2, -0.15) is 0 Å². The number of carbonyl (C=O) groups excluding carboxylic acids is 2. The molecule has 0 bridgehead atoms. The number of fused-ring (bicyclic) bond motifs is 1. The SMILES string of the molecule is CCOC(=O)[C@@H]1[C@@H]2[C@H](C=C(c3ccccc3)N1O)C(=O)N(Cc1ccccc1)[C@H]2Cc1ccccc1. The predicted molar refractivity (Wildman–Crippen MR) is 136 cm³/mol. The summed E-state index contributed by atoms with van der Waals surface area (Å²) in [5.41, 5.74) is 3.27. The Kier molecular flexibility index (Phi) is 6.87. The van der Waals surface area contributed by atoms with Crippen LogP contribution in [0.2, 0.25) is 0 Å². The molecule has 2 heterocycles. The van der Waals surface area contributed by atoms with Crippen molar-refractivity contribution in [2.75, 3.05) is 6.61 Å². The Bertz CT molecular complexity index is 1230. The molecule has 0 saturated carbocycles. The molecule has 3 aromatic carbocycles. The van der Waals surface area contributed by atoms with Crippen LogP contribution in [0.5, 0.6) is 0 Å². The lowest BCUT2D eigenvalue weighted by Gasteiger charge is -2.40. The van der Waals surface area contributed by atoms with Gasteiger partial charge in [-0.1, -0.05) is 91.0 Å². The summed E-state index contributed by atoms with van der Waals surface area (Å²) < 4.78 is 5.43. The van der Waals surface area contributed by atoms with Gasteiger partial charge in [-0.3, -0.25) is 10.0 Å². The van der Waals surface area contributed by atoms with Gasteiger partial charge in [0.25, 0.3) is 0 Å². The molecule has 2 aliphatic heterocycles. The number of benzene rings is 3. The highest BCUT2D eigenvalue weighted by Crippen LogP contribution is 2.45. The topological polar surface area (TPSA) is 70.1 Å². The Labute approximate surface area is 211 Å². The highest BCUT2D eigenvalue weighted by atomic mass is 16.6. The highest BCUT2D eigenvalue weighted by molar-refractivity contribution is 5.90. The van der Waals surface area contributed by atoms with E-state index in [1.165, 1.54) is 0 Å². The molecular weight excluding hydrogens is 452 g/mol. The number of hydrogen-bond acceptors (Lipinski definition) is 5. The van der Waals surface area contributed by atoms with Crippen LogP contribution >= 0.6 is 0 Å². The molecule has 184 valence electrons. The number of esters is 1. The molecule has 5 rings (SSSR count). The zero-order valence-electron chi connectivity index (χ0n) is 20.2. The Balaban J connectivity index is 1.61. The quantitative estimate of drug-likeness (QED) is 0.501. The first-order valence-electron chi connectivity index (χ1n) is 12.4. The van der Waals surface area contributed by atoms with Crippen molar-refractivity contribution in [2.45, 2.75) is 32.0 Å². The van der Waals surface area contributed by atoms with E-state index in [9.17, 15) is 14.8 Å². The third-order valence-corrected chi connectivity index (χ3v) is 7.12. The maximum absolute atomic E-state index is 14.0. The van der Waals surface area contributed by atoms with Crippen molar-refractivity contribution in [1.29, 1.82) is 0 Å². The zero-order chi connectivity index (χ0) is 25.1. The lowest BCUT2D eigenvalue weighted by atomic mass is 9.78. The van der Waals surface area contributed by atoms with Crippen LogP contribution in [0.4, 0.5) is 0 Å². The van der Waals surface area contributed by atoms with Crippen molar-refractivity contribution in [1.82, 2.24) is 9.96 Å². The summed E-state index contributed by atoms with van der Waals surface area (Å²) in [6.07, 6.45) is 2.39. The Morgan fingerprint density at radius 3 is 2.08 bits per heavy atom. The summed E-state index contributed by atoms with van der Waals surface area (Å²) in [4.78, 5) is 29.2. The maximum atomic E-state index is 14.0. The van der Waals surface area contributed by atoms with E-state index in [1.54, 1.807) is 6.92 Å². The summed E-state index contributed by atoms with van der Waals surface area (Å²) in [6, 6.07) is 27.9. The fourth-order valence-electron chi connectivity index (χ4n) is 5.51. The van der Waals surface area contributed by atoms with Gasteiger partial charge < -0.3 is 9.64 Å². The van der Waals surface area contributed by atoms with Crippen LogP contribution in [0.1, 0.15) is 23.6 Å². The first-order valence-corrected chi connectivity index (χ1v) is 12.4. The molecule has 6 heteroatoms. The molecule has 0 spiro atoms. The summed E-state index contributed by atoms with van der Waals surface area (Å²) in [5, 5.41) is 12.4. The molecule has 1 N–H and O–H groups in total. The van der Waals surface area contributed by atoms with E-state index in [0.29, 0.717) is 18.7 Å². The molecular formula is C30H30N2O4. The number of hydroxylamine groups is 2. The molecule has 1 fully saturated rings. The minimum Gasteiger partial charge on any atom is -0.464 e. The molecule has 0 unspecified atom stereocenters. The standard InChI is InChI=1S/C30H30N2O4/c1-2-36-30(34)28-27-24(19-25(32(28)35)23-16-10-5-11-17-23)29(33)31(20-22-14-8-4-9-15-22)26(27)18-21-12-6-3-7-13-21/h3-17,19,24,26-28,35H,2,18,20H2,1H3/t24-,26-,27+,28-/m0/s1. The number of amides is 1. The summed E-state index contributed by atoms with van der Waals surface area (Å²) in [6.45, 7) is 2.37. The van der Waals surface area contributed by atoms with Gasteiger partial charge in [0.05, 0.1) is 18.2 Å². The first-order chi connectivity index (χ1) is 17.6. The normalized spacial score (nSPS) is 23.3. The van der Waals surface area contributed by atoms with Gasteiger partial charge in [-0.05, 0) is 36.1 Å². The molecule has 0 aliphatic carbocycles. The van der Waals surface area contributed by atoms with E-state index in [1.807, 2.05) is 102 Å². The number of rotatable bonds is 7. The highest BCUT2D eigenvalue weighted by Gasteiger charge is 2.56. The number of nitrogens with zero attached hydrogens (tertiary/aromatic N) is 2. The van der Waals surface area contributed by atoms with Crippen LogP contribution in [-0.2, 0) is 27.3 Å². The second kappa shape index (κ2) is 10.4. The summed E-state index contributed by atoms with van der Waals surface area (Å²) >= 11 is 0. The van der Waals surface area contributed by atoms with Crippen LogP contribution in [0.25, 0.3) is 5.70 Å². The number of hydrogen-bond donors (Lipinski definition) is 1. The molecule has 3 aromatic rings. The van der Waals surface area contributed by atoms with E-state index >= 15 is 0 Å². The average Bonchev–Trinajstić information content (AvgIpc) is 3.15. The van der Waals surface area contributed by atoms with Crippen molar-refractivity contribution in [3.63, 3.8) is 0 Å². The van der Waals surface area contributed by atoms with E-state index in [-0.39, 0.29) is 18.6 Å². The van der Waals surface area contributed by atoms with Crippen LogP contribution < -0.4 is 0 Å². The van der Waals surface area contributed by atoms with Gasteiger partial charge >= 0.3 is 5.97 Å². The number of carbonyl (C=O) groups is 2. The summed E-state index contributed by atoms with van der Waals surface area (Å²) in [7, 11) is 0. The Hall–Kier alpha value is -3.90. The molecule has 0 radical (unpaired) electrons. The zero-order valence-corrected chi connectivity index (χ0v) is 20.2. The second-order valence-electron chi connectivity index (χ2n) is 9.27.